The zero-order chi connectivity index (χ0) is 19.4. The second-order valence-electron chi connectivity index (χ2n) is 5.98. The summed E-state index contributed by atoms with van der Waals surface area (Å²) in [5, 5.41) is 5.53. The van der Waals surface area contributed by atoms with E-state index in [4.69, 9.17) is 21.1 Å². The average Bonchev–Trinajstić information content (AvgIpc) is 3.16. The molecule has 2 N–H and O–H groups in total. The van der Waals surface area contributed by atoms with E-state index in [0.717, 1.165) is 12.5 Å². The van der Waals surface area contributed by atoms with Crippen molar-refractivity contribution in [2.45, 2.75) is 18.9 Å². The molecule has 1 atom stereocenters. The predicted octanol–water partition coefficient (Wildman–Crippen LogP) is 3.86. The van der Waals surface area contributed by atoms with Crippen molar-refractivity contribution in [3.63, 3.8) is 0 Å². The first-order chi connectivity index (χ1) is 13.0. The molecule has 8 heteroatoms. The molecule has 0 aromatic heterocycles. The van der Waals surface area contributed by atoms with Crippen LogP contribution in [0.4, 0.5) is 15.8 Å². The number of hydrogen-bond acceptors (Lipinski definition) is 4. The van der Waals surface area contributed by atoms with Crippen LogP contribution < -0.4 is 15.4 Å². The molecule has 1 heterocycles. The minimum atomic E-state index is -0.734. The van der Waals surface area contributed by atoms with E-state index in [1.54, 1.807) is 12.1 Å². The first-order valence-electron chi connectivity index (χ1n) is 8.35. The van der Waals surface area contributed by atoms with E-state index < -0.39 is 17.8 Å². The van der Waals surface area contributed by atoms with E-state index in [1.807, 2.05) is 0 Å². The number of amides is 2. The van der Waals surface area contributed by atoms with Crippen molar-refractivity contribution in [3.8, 4) is 5.75 Å². The first-order valence-corrected chi connectivity index (χ1v) is 8.72. The van der Waals surface area contributed by atoms with Crippen molar-refractivity contribution >= 4 is 34.8 Å². The van der Waals surface area contributed by atoms with Gasteiger partial charge in [0.15, 0.2) is 0 Å². The van der Waals surface area contributed by atoms with Gasteiger partial charge in [-0.25, -0.2) is 4.39 Å². The summed E-state index contributed by atoms with van der Waals surface area (Å²) in [4.78, 5) is 24.6. The van der Waals surface area contributed by atoms with Gasteiger partial charge in [-0.15, -0.1) is 0 Å². The van der Waals surface area contributed by atoms with Crippen molar-refractivity contribution in [2.24, 2.45) is 0 Å². The van der Waals surface area contributed by atoms with Crippen LogP contribution in [0.25, 0.3) is 0 Å². The SMILES string of the molecule is COc1ccc(NC(=O)[C@H]2CCCO2)cc1NC(=O)c1ccc(Cl)cc1F. The molecule has 27 heavy (non-hydrogen) atoms. The maximum Gasteiger partial charge on any atom is 0.258 e. The van der Waals surface area contributed by atoms with E-state index in [-0.39, 0.29) is 16.5 Å². The molecule has 2 aromatic rings. The van der Waals surface area contributed by atoms with Gasteiger partial charge in [0, 0.05) is 17.3 Å². The van der Waals surface area contributed by atoms with Crippen molar-refractivity contribution in [3.05, 3.63) is 52.8 Å². The molecule has 142 valence electrons. The number of hydrogen-bond donors (Lipinski definition) is 2. The average molecular weight is 393 g/mol. The van der Waals surface area contributed by atoms with Gasteiger partial charge in [-0.3, -0.25) is 9.59 Å². The molecule has 0 aliphatic carbocycles. The zero-order valence-corrected chi connectivity index (χ0v) is 15.3. The van der Waals surface area contributed by atoms with Gasteiger partial charge in [-0.2, -0.15) is 0 Å². The van der Waals surface area contributed by atoms with Gasteiger partial charge in [0.05, 0.1) is 18.4 Å². The molecular formula is C19H18ClFN2O4. The fourth-order valence-electron chi connectivity index (χ4n) is 2.75. The number of methoxy groups -OCH3 is 1. The Morgan fingerprint density at radius 2 is 2.04 bits per heavy atom. The fourth-order valence-corrected chi connectivity index (χ4v) is 2.91. The third-order valence-corrected chi connectivity index (χ3v) is 4.35. The smallest absolute Gasteiger partial charge is 0.258 e. The number of carbonyl (C=O) groups is 2. The second-order valence-corrected chi connectivity index (χ2v) is 6.42. The predicted molar refractivity (Wildman–Crippen MR) is 100.0 cm³/mol. The number of rotatable bonds is 5. The lowest BCUT2D eigenvalue weighted by atomic mass is 10.1. The van der Waals surface area contributed by atoms with Crippen LogP contribution in [0.15, 0.2) is 36.4 Å². The van der Waals surface area contributed by atoms with Gasteiger partial charge >= 0.3 is 0 Å². The molecule has 6 nitrogen and oxygen atoms in total. The highest BCUT2D eigenvalue weighted by Gasteiger charge is 2.24. The molecule has 0 radical (unpaired) electrons. The Morgan fingerprint density at radius 1 is 1.22 bits per heavy atom. The Hall–Kier alpha value is -2.64. The highest BCUT2D eigenvalue weighted by atomic mass is 35.5. The number of carbonyl (C=O) groups excluding carboxylic acids is 2. The standard InChI is InChI=1S/C19H18ClFN2O4/c1-26-16-7-5-12(22-19(25)17-3-2-8-27-17)10-15(16)23-18(24)13-6-4-11(20)9-14(13)21/h4-7,9-10,17H,2-3,8H2,1H3,(H,22,25)(H,23,24)/t17-/m1/s1. The van der Waals surface area contributed by atoms with Crippen LogP contribution in [0.2, 0.25) is 5.02 Å². The van der Waals surface area contributed by atoms with Crippen LogP contribution in [0.3, 0.4) is 0 Å². The largest absolute Gasteiger partial charge is 0.495 e. The lowest BCUT2D eigenvalue weighted by Gasteiger charge is -2.14. The Morgan fingerprint density at radius 3 is 2.70 bits per heavy atom. The minimum Gasteiger partial charge on any atom is -0.495 e. The molecule has 1 saturated heterocycles. The molecule has 1 fully saturated rings. The lowest BCUT2D eigenvalue weighted by molar-refractivity contribution is -0.124. The van der Waals surface area contributed by atoms with Crippen molar-refractivity contribution < 1.29 is 23.5 Å². The van der Waals surface area contributed by atoms with Crippen LogP contribution in [-0.2, 0) is 9.53 Å². The van der Waals surface area contributed by atoms with Gasteiger partial charge in [-0.05, 0) is 49.2 Å². The third-order valence-electron chi connectivity index (χ3n) is 4.11. The zero-order valence-electron chi connectivity index (χ0n) is 14.6. The van der Waals surface area contributed by atoms with Gasteiger partial charge in [0.1, 0.15) is 17.7 Å². The van der Waals surface area contributed by atoms with E-state index in [9.17, 15) is 14.0 Å². The molecule has 3 rings (SSSR count). The van der Waals surface area contributed by atoms with E-state index >= 15 is 0 Å². The van der Waals surface area contributed by atoms with Gasteiger partial charge in [0.25, 0.3) is 11.8 Å². The number of ether oxygens (including phenoxy) is 2. The molecule has 0 saturated carbocycles. The molecular weight excluding hydrogens is 375 g/mol. The maximum absolute atomic E-state index is 14.0. The summed E-state index contributed by atoms with van der Waals surface area (Å²) in [5.41, 5.74) is 0.598. The topological polar surface area (TPSA) is 76.7 Å². The lowest BCUT2D eigenvalue weighted by Crippen LogP contribution is -2.26. The Kier molecular flexibility index (Phi) is 5.93. The van der Waals surface area contributed by atoms with E-state index in [2.05, 4.69) is 10.6 Å². The van der Waals surface area contributed by atoms with Crippen LogP contribution >= 0.6 is 11.6 Å². The van der Waals surface area contributed by atoms with Crippen molar-refractivity contribution in [2.75, 3.05) is 24.4 Å². The fraction of sp³-hybridized carbons (Fsp3) is 0.263. The van der Waals surface area contributed by atoms with E-state index in [0.29, 0.717) is 30.2 Å². The molecule has 1 aliphatic rings. The number of nitrogens with one attached hydrogen (secondary N) is 2. The van der Waals surface area contributed by atoms with E-state index in [1.165, 1.54) is 25.3 Å². The Bertz CT molecular complexity index is 869. The molecule has 0 spiro atoms. The van der Waals surface area contributed by atoms with Gasteiger partial charge in [-0.1, -0.05) is 11.6 Å². The summed E-state index contributed by atoms with van der Waals surface area (Å²) in [6, 6.07) is 8.56. The summed E-state index contributed by atoms with van der Waals surface area (Å²) in [5.74, 6) is -1.28. The summed E-state index contributed by atoms with van der Waals surface area (Å²) in [6.07, 6.45) is 1.03. The van der Waals surface area contributed by atoms with Gasteiger partial charge < -0.3 is 20.1 Å². The first kappa shape index (κ1) is 19.1. The normalized spacial score (nSPS) is 16.0. The highest BCUT2D eigenvalue weighted by Crippen LogP contribution is 2.29. The molecule has 2 amide bonds. The Labute approximate surface area is 160 Å². The summed E-state index contributed by atoms with van der Waals surface area (Å²) < 4.78 is 24.5. The van der Waals surface area contributed by atoms with Crippen molar-refractivity contribution in [1.82, 2.24) is 0 Å². The second kappa shape index (κ2) is 8.37. The Balaban J connectivity index is 1.78. The maximum atomic E-state index is 14.0. The highest BCUT2D eigenvalue weighted by molar-refractivity contribution is 6.30. The summed E-state index contributed by atoms with van der Waals surface area (Å²) >= 11 is 5.71. The van der Waals surface area contributed by atoms with Crippen LogP contribution in [0.5, 0.6) is 5.75 Å². The molecule has 0 unspecified atom stereocenters. The number of benzene rings is 2. The molecule has 0 bridgehead atoms. The minimum absolute atomic E-state index is 0.157. The summed E-state index contributed by atoms with van der Waals surface area (Å²) in [7, 11) is 1.44. The van der Waals surface area contributed by atoms with Crippen LogP contribution in [0, 0.1) is 5.82 Å². The van der Waals surface area contributed by atoms with Crippen LogP contribution in [0.1, 0.15) is 23.2 Å². The molecule has 2 aromatic carbocycles. The summed E-state index contributed by atoms with van der Waals surface area (Å²) in [6.45, 7) is 0.564. The van der Waals surface area contributed by atoms with Crippen molar-refractivity contribution in [1.29, 1.82) is 0 Å². The monoisotopic (exact) mass is 392 g/mol. The number of anilines is 2. The quantitative estimate of drug-likeness (QED) is 0.810. The third kappa shape index (κ3) is 4.56. The number of halogens is 2. The van der Waals surface area contributed by atoms with Crippen LogP contribution in [-0.4, -0.2) is 31.6 Å². The molecule has 1 aliphatic heterocycles. The van der Waals surface area contributed by atoms with Gasteiger partial charge in [0.2, 0.25) is 0 Å².